The number of hydrogen-bond donors (Lipinski definition) is 1. The van der Waals surface area contributed by atoms with Crippen molar-refractivity contribution in [1.29, 1.82) is 0 Å². The summed E-state index contributed by atoms with van der Waals surface area (Å²) in [5, 5.41) is 9.89. The monoisotopic (exact) mass is 404 g/mol. The lowest BCUT2D eigenvalue weighted by Crippen LogP contribution is -2.42. The first-order valence-corrected chi connectivity index (χ1v) is 11.3. The topological polar surface area (TPSA) is 72.8 Å². The molecule has 1 N–H and O–H groups in total. The molecule has 1 fully saturated rings. The molecule has 0 aromatic carbocycles. The van der Waals surface area contributed by atoms with E-state index >= 15 is 0 Å². The molecule has 3 rings (SSSR count). The average Bonchev–Trinajstić information content (AvgIpc) is 2.65. The Hall–Kier alpha value is -1.62. The molecule has 5 heteroatoms. The van der Waals surface area contributed by atoms with Crippen molar-refractivity contribution in [3.8, 4) is 0 Å². The Labute approximate surface area is 174 Å². The van der Waals surface area contributed by atoms with E-state index in [1.165, 1.54) is 5.57 Å². The molecule has 3 aliphatic rings. The Balaban J connectivity index is 1.74. The lowest BCUT2D eigenvalue weighted by atomic mass is 9.65. The molecule has 0 aromatic rings. The predicted octanol–water partition coefficient (Wildman–Crippen LogP) is 4.20. The third kappa shape index (κ3) is 5.30. The molecule has 0 spiro atoms. The molecule has 0 bridgehead atoms. The van der Waals surface area contributed by atoms with Crippen LogP contribution < -0.4 is 0 Å². The van der Waals surface area contributed by atoms with Crippen LogP contribution in [0.4, 0.5) is 0 Å². The van der Waals surface area contributed by atoms with Crippen LogP contribution in [0, 0.1) is 29.6 Å². The van der Waals surface area contributed by atoms with Gasteiger partial charge in [0.1, 0.15) is 12.2 Å². The molecule has 8 atom stereocenters. The van der Waals surface area contributed by atoms with Crippen molar-refractivity contribution >= 4 is 11.9 Å². The fourth-order valence-corrected chi connectivity index (χ4v) is 5.07. The molecule has 0 aromatic heterocycles. The van der Waals surface area contributed by atoms with Gasteiger partial charge in [-0.05, 0) is 49.0 Å². The molecule has 1 saturated heterocycles. The number of hydrogen-bond acceptors (Lipinski definition) is 5. The van der Waals surface area contributed by atoms with Crippen LogP contribution in [0.2, 0.25) is 0 Å². The summed E-state index contributed by atoms with van der Waals surface area (Å²) >= 11 is 0. The largest absolute Gasteiger partial charge is 0.462 e. The molecule has 0 radical (unpaired) electrons. The van der Waals surface area contributed by atoms with Crippen LogP contribution in [0.3, 0.4) is 0 Å². The Morgan fingerprint density at radius 3 is 2.76 bits per heavy atom. The molecule has 0 saturated carbocycles. The van der Waals surface area contributed by atoms with Gasteiger partial charge in [0.25, 0.3) is 0 Å². The zero-order valence-corrected chi connectivity index (χ0v) is 18.2. The SMILES string of the molecule is CC[C@H](C)C(=O)O[C@H]1C[C@@H](C)C=C2C=C[C@H](C)C(CC[C@@H]3C[C@@H](O)CC(=O)O3)C21. The number of carbonyl (C=O) groups is 2. The van der Waals surface area contributed by atoms with E-state index in [9.17, 15) is 14.7 Å². The number of ether oxygens (including phenoxy) is 2. The van der Waals surface area contributed by atoms with Crippen LogP contribution in [0.15, 0.2) is 23.8 Å². The quantitative estimate of drug-likeness (QED) is 0.672. The molecule has 162 valence electrons. The Morgan fingerprint density at radius 1 is 1.31 bits per heavy atom. The fraction of sp³-hybridized carbons (Fsp3) is 0.750. The van der Waals surface area contributed by atoms with Gasteiger partial charge >= 0.3 is 11.9 Å². The Morgan fingerprint density at radius 2 is 2.07 bits per heavy atom. The van der Waals surface area contributed by atoms with Crippen LogP contribution in [-0.2, 0) is 19.1 Å². The Kier molecular flexibility index (Phi) is 7.20. The molecule has 5 nitrogen and oxygen atoms in total. The first-order valence-electron chi connectivity index (χ1n) is 11.3. The van der Waals surface area contributed by atoms with Crippen molar-refractivity contribution in [2.24, 2.45) is 29.6 Å². The number of aliphatic hydroxyl groups is 1. The van der Waals surface area contributed by atoms with Gasteiger partial charge in [0.05, 0.1) is 18.4 Å². The smallest absolute Gasteiger partial charge is 0.308 e. The second-order valence-electron chi connectivity index (χ2n) is 9.36. The zero-order chi connectivity index (χ0) is 21.1. The minimum atomic E-state index is -0.597. The average molecular weight is 405 g/mol. The molecular formula is C24H36O5. The van der Waals surface area contributed by atoms with E-state index in [0.717, 1.165) is 25.7 Å². The highest BCUT2D eigenvalue weighted by Gasteiger charge is 2.42. The maximum Gasteiger partial charge on any atom is 0.308 e. The lowest BCUT2D eigenvalue weighted by molar-refractivity contribution is -0.162. The summed E-state index contributed by atoms with van der Waals surface area (Å²) in [5.74, 6) is 0.755. The van der Waals surface area contributed by atoms with Crippen molar-refractivity contribution in [2.75, 3.05) is 0 Å². The van der Waals surface area contributed by atoms with Crippen LogP contribution in [0.1, 0.15) is 66.2 Å². The van der Waals surface area contributed by atoms with E-state index in [4.69, 9.17) is 9.47 Å². The van der Waals surface area contributed by atoms with Gasteiger partial charge in [0.2, 0.25) is 0 Å². The van der Waals surface area contributed by atoms with Gasteiger partial charge in [-0.25, -0.2) is 0 Å². The molecule has 1 aliphatic heterocycles. The minimum absolute atomic E-state index is 0.0854. The third-order valence-corrected chi connectivity index (χ3v) is 6.93. The van der Waals surface area contributed by atoms with E-state index in [1.54, 1.807) is 0 Å². The van der Waals surface area contributed by atoms with Crippen LogP contribution >= 0.6 is 0 Å². The molecular weight excluding hydrogens is 368 g/mol. The van der Waals surface area contributed by atoms with E-state index in [-0.39, 0.29) is 42.4 Å². The van der Waals surface area contributed by atoms with Crippen LogP contribution in [0.5, 0.6) is 0 Å². The standard InChI is InChI=1S/C24H36O5/c1-5-15(3)24(27)29-21-11-14(2)10-17-7-6-16(4)20(23(17)21)9-8-19-12-18(25)13-22(26)28-19/h6-7,10,14-16,18-21,23,25H,5,8-9,11-13H2,1-4H3/t14-,15-,16-,18+,19+,20?,21-,23?/m0/s1. The number of aliphatic hydroxyl groups excluding tert-OH is 1. The molecule has 0 amide bonds. The zero-order valence-electron chi connectivity index (χ0n) is 18.2. The highest BCUT2D eigenvalue weighted by atomic mass is 16.5. The second-order valence-corrected chi connectivity index (χ2v) is 9.36. The maximum absolute atomic E-state index is 12.5. The number of fused-ring (bicyclic) bond motifs is 1. The number of allylic oxidation sites excluding steroid dienone is 3. The second kappa shape index (κ2) is 9.46. The molecule has 29 heavy (non-hydrogen) atoms. The number of esters is 2. The van der Waals surface area contributed by atoms with Crippen molar-refractivity contribution in [3.63, 3.8) is 0 Å². The normalized spacial score (nSPS) is 37.9. The predicted molar refractivity (Wildman–Crippen MR) is 111 cm³/mol. The Bertz CT molecular complexity index is 666. The van der Waals surface area contributed by atoms with Crippen LogP contribution in [0.25, 0.3) is 0 Å². The molecule has 1 heterocycles. The minimum Gasteiger partial charge on any atom is -0.462 e. The van der Waals surface area contributed by atoms with Gasteiger partial charge in [0, 0.05) is 12.3 Å². The summed E-state index contributed by atoms with van der Waals surface area (Å²) in [6.45, 7) is 8.33. The van der Waals surface area contributed by atoms with E-state index < -0.39 is 6.10 Å². The van der Waals surface area contributed by atoms with Crippen LogP contribution in [-0.4, -0.2) is 35.4 Å². The van der Waals surface area contributed by atoms with Gasteiger partial charge in [0.15, 0.2) is 0 Å². The van der Waals surface area contributed by atoms with Crippen molar-refractivity contribution in [1.82, 2.24) is 0 Å². The summed E-state index contributed by atoms with van der Waals surface area (Å²) < 4.78 is 11.5. The van der Waals surface area contributed by atoms with E-state index in [0.29, 0.717) is 24.2 Å². The van der Waals surface area contributed by atoms with E-state index in [2.05, 4.69) is 32.1 Å². The van der Waals surface area contributed by atoms with E-state index in [1.807, 2.05) is 13.8 Å². The van der Waals surface area contributed by atoms with Crippen molar-refractivity contribution < 1.29 is 24.2 Å². The van der Waals surface area contributed by atoms with Crippen molar-refractivity contribution in [3.05, 3.63) is 23.8 Å². The summed E-state index contributed by atoms with van der Waals surface area (Å²) in [6, 6.07) is 0. The first kappa shape index (κ1) is 22.1. The van der Waals surface area contributed by atoms with Gasteiger partial charge in [-0.15, -0.1) is 0 Å². The van der Waals surface area contributed by atoms with Gasteiger partial charge in [-0.3, -0.25) is 9.59 Å². The third-order valence-electron chi connectivity index (χ3n) is 6.93. The molecule has 2 unspecified atom stereocenters. The highest BCUT2D eigenvalue weighted by Crippen LogP contribution is 2.45. The summed E-state index contributed by atoms with van der Waals surface area (Å²) in [4.78, 5) is 24.2. The number of carbonyl (C=O) groups excluding carboxylic acids is 2. The van der Waals surface area contributed by atoms with Gasteiger partial charge < -0.3 is 14.6 Å². The summed E-state index contributed by atoms with van der Waals surface area (Å²) in [7, 11) is 0. The highest BCUT2D eigenvalue weighted by molar-refractivity contribution is 5.72. The molecule has 2 aliphatic carbocycles. The van der Waals surface area contributed by atoms with Gasteiger partial charge in [-0.2, -0.15) is 0 Å². The lowest BCUT2D eigenvalue weighted by Gasteiger charge is -2.43. The van der Waals surface area contributed by atoms with Crippen molar-refractivity contribution in [2.45, 2.75) is 84.5 Å². The number of rotatable bonds is 6. The van der Waals surface area contributed by atoms with Gasteiger partial charge in [-0.1, -0.05) is 45.9 Å². The maximum atomic E-state index is 12.5. The number of cyclic esters (lactones) is 1. The first-order chi connectivity index (χ1) is 13.8. The fourth-order valence-electron chi connectivity index (χ4n) is 5.07. The summed E-state index contributed by atoms with van der Waals surface area (Å²) in [5.41, 5.74) is 1.27. The summed E-state index contributed by atoms with van der Waals surface area (Å²) in [6.07, 6.45) is 9.70.